The minimum absolute atomic E-state index is 0.0340. The fourth-order valence-electron chi connectivity index (χ4n) is 4.72. The molecule has 0 saturated heterocycles. The van der Waals surface area contributed by atoms with E-state index < -0.39 is 0 Å². The summed E-state index contributed by atoms with van der Waals surface area (Å²) < 4.78 is 5.33. The topological polar surface area (TPSA) is 83.9 Å². The van der Waals surface area contributed by atoms with E-state index in [4.69, 9.17) is 4.74 Å². The van der Waals surface area contributed by atoms with Gasteiger partial charge < -0.3 is 15.0 Å². The number of aromatic nitrogens is 1. The van der Waals surface area contributed by atoms with Crippen molar-refractivity contribution < 1.29 is 14.3 Å². The largest absolute Gasteiger partial charge is 0.497 e. The van der Waals surface area contributed by atoms with E-state index in [0.717, 1.165) is 45.2 Å². The number of hydrogen-bond donors (Lipinski definition) is 1. The number of nitrogens with zero attached hydrogens (tertiary/aromatic N) is 3. The summed E-state index contributed by atoms with van der Waals surface area (Å²) in [7, 11) is 3.39. The first kappa shape index (κ1) is 23.2. The van der Waals surface area contributed by atoms with Gasteiger partial charge in [0.15, 0.2) is 0 Å². The average molecular weight is 489 g/mol. The van der Waals surface area contributed by atoms with Crippen LogP contribution in [0.4, 0.5) is 5.00 Å². The van der Waals surface area contributed by atoms with E-state index in [1.54, 1.807) is 37.9 Å². The van der Waals surface area contributed by atoms with Crippen LogP contribution in [0.5, 0.6) is 5.75 Å². The van der Waals surface area contributed by atoms with E-state index in [-0.39, 0.29) is 23.7 Å². The lowest BCUT2D eigenvalue weighted by Crippen LogP contribution is -2.36. The minimum Gasteiger partial charge on any atom is -0.497 e. The molecule has 1 N–H and O–H groups in total. The molecule has 180 valence electrons. The lowest BCUT2D eigenvalue weighted by atomic mass is 10.0. The molecular weight excluding hydrogens is 460 g/mol. The molecule has 7 nitrogen and oxygen atoms in total. The Balaban J connectivity index is 1.28. The highest BCUT2D eigenvalue weighted by atomic mass is 32.1. The molecule has 3 heterocycles. The number of aliphatic imine (C=N–C) groups is 1. The third-order valence-electron chi connectivity index (χ3n) is 6.67. The van der Waals surface area contributed by atoms with Gasteiger partial charge in [0, 0.05) is 48.6 Å². The second-order valence-electron chi connectivity index (χ2n) is 8.95. The molecule has 2 amide bonds. The van der Waals surface area contributed by atoms with Crippen molar-refractivity contribution in [2.24, 2.45) is 10.9 Å². The quantitative estimate of drug-likeness (QED) is 0.508. The van der Waals surface area contributed by atoms with Gasteiger partial charge >= 0.3 is 0 Å². The van der Waals surface area contributed by atoms with Gasteiger partial charge in [-0.25, -0.2) is 0 Å². The predicted molar refractivity (Wildman–Crippen MR) is 137 cm³/mol. The molecule has 8 heteroatoms. The number of benzene rings is 1. The summed E-state index contributed by atoms with van der Waals surface area (Å²) >= 11 is 1.56. The molecule has 1 aromatic carbocycles. The van der Waals surface area contributed by atoms with E-state index in [1.165, 1.54) is 5.56 Å². The Labute approximate surface area is 208 Å². The van der Waals surface area contributed by atoms with Gasteiger partial charge in [-0.2, -0.15) is 0 Å². The molecule has 2 unspecified atom stereocenters. The summed E-state index contributed by atoms with van der Waals surface area (Å²) in [6.07, 6.45) is 7.19. The van der Waals surface area contributed by atoms with Crippen LogP contribution in [-0.4, -0.2) is 48.6 Å². The van der Waals surface area contributed by atoms with E-state index in [1.807, 2.05) is 41.4 Å². The van der Waals surface area contributed by atoms with Crippen molar-refractivity contribution in [3.63, 3.8) is 0 Å². The van der Waals surface area contributed by atoms with E-state index in [2.05, 4.69) is 21.4 Å². The van der Waals surface area contributed by atoms with Crippen LogP contribution in [0, 0.1) is 5.92 Å². The van der Waals surface area contributed by atoms with E-state index in [0.29, 0.717) is 19.5 Å². The number of carbonyl (C=O) groups is 2. The Morgan fingerprint density at radius 2 is 2.20 bits per heavy atom. The summed E-state index contributed by atoms with van der Waals surface area (Å²) in [6, 6.07) is 11.7. The third-order valence-corrected chi connectivity index (χ3v) is 7.82. The number of nitrogens with one attached hydrogen (secondary N) is 1. The zero-order chi connectivity index (χ0) is 24.4. The monoisotopic (exact) mass is 488 g/mol. The maximum absolute atomic E-state index is 13.1. The van der Waals surface area contributed by atoms with Gasteiger partial charge in [0.1, 0.15) is 10.8 Å². The molecule has 1 fully saturated rings. The molecule has 2 aromatic heterocycles. The first-order valence-electron chi connectivity index (χ1n) is 11.8. The van der Waals surface area contributed by atoms with Crippen molar-refractivity contribution in [2.75, 3.05) is 26.0 Å². The van der Waals surface area contributed by atoms with Crippen LogP contribution in [-0.2, 0) is 29.0 Å². The highest BCUT2D eigenvalue weighted by molar-refractivity contribution is 7.17. The number of hydrogen-bond acceptors (Lipinski definition) is 6. The van der Waals surface area contributed by atoms with E-state index >= 15 is 0 Å². The highest BCUT2D eigenvalue weighted by Crippen LogP contribution is 2.49. The zero-order valence-electron chi connectivity index (χ0n) is 19.9. The van der Waals surface area contributed by atoms with Crippen LogP contribution in [0.1, 0.15) is 39.5 Å². The number of amides is 2. The molecule has 35 heavy (non-hydrogen) atoms. The molecular formula is C27H28N4O3S. The summed E-state index contributed by atoms with van der Waals surface area (Å²) in [5.41, 5.74) is 4.20. The zero-order valence-corrected chi connectivity index (χ0v) is 20.7. The second kappa shape index (κ2) is 10.00. The Kier molecular flexibility index (Phi) is 6.63. The molecule has 1 aliphatic carbocycles. The average Bonchev–Trinajstić information content (AvgIpc) is 3.62. The van der Waals surface area contributed by atoms with Crippen molar-refractivity contribution in [1.82, 2.24) is 9.88 Å². The lowest BCUT2D eigenvalue weighted by Gasteiger charge is -2.27. The molecule has 0 radical (unpaired) electrons. The number of pyridine rings is 1. The van der Waals surface area contributed by atoms with Gasteiger partial charge in [0.2, 0.25) is 11.8 Å². The van der Waals surface area contributed by atoms with Crippen LogP contribution in [0.15, 0.2) is 53.8 Å². The number of ether oxygens (including phenoxy) is 1. The van der Waals surface area contributed by atoms with Crippen LogP contribution >= 0.6 is 11.3 Å². The fraction of sp³-hybridized carbons (Fsp3) is 0.333. The Bertz CT molecular complexity index is 1270. The van der Waals surface area contributed by atoms with Crippen LogP contribution in [0.3, 0.4) is 0 Å². The molecule has 0 bridgehead atoms. The standard InChI is InChI=1S/C27H28N4O3S/c1-28-15-23-20-8-10-31(25(32)11-17-5-4-9-29-14-17)16-24(20)35-27(23)30-26(33)22-13-21(22)18-6-3-7-19(12-18)34-2/h3-7,9,12,14-15,21-22H,8,10-11,13,16H2,1-2H3,(H,30,33). The van der Waals surface area contributed by atoms with Crippen LogP contribution < -0.4 is 10.1 Å². The fourth-order valence-corrected chi connectivity index (χ4v) is 5.96. The number of anilines is 1. The summed E-state index contributed by atoms with van der Waals surface area (Å²) in [5.74, 6) is 1.09. The van der Waals surface area contributed by atoms with Gasteiger partial charge in [-0.3, -0.25) is 19.6 Å². The maximum Gasteiger partial charge on any atom is 0.228 e. The van der Waals surface area contributed by atoms with Gasteiger partial charge in [-0.15, -0.1) is 11.3 Å². The van der Waals surface area contributed by atoms with Crippen LogP contribution in [0.25, 0.3) is 0 Å². The predicted octanol–water partition coefficient (Wildman–Crippen LogP) is 4.07. The number of rotatable bonds is 7. The van der Waals surface area contributed by atoms with Crippen molar-refractivity contribution in [2.45, 2.75) is 31.7 Å². The van der Waals surface area contributed by atoms with Crippen molar-refractivity contribution in [3.8, 4) is 5.75 Å². The van der Waals surface area contributed by atoms with E-state index in [9.17, 15) is 9.59 Å². The summed E-state index contributed by atoms with van der Waals surface area (Å²) in [5, 5.41) is 3.99. The van der Waals surface area contributed by atoms with Crippen molar-refractivity contribution in [1.29, 1.82) is 0 Å². The molecule has 1 aliphatic heterocycles. The highest BCUT2D eigenvalue weighted by Gasteiger charge is 2.44. The molecule has 0 spiro atoms. The third kappa shape index (κ3) is 4.98. The van der Waals surface area contributed by atoms with Gasteiger partial charge in [-0.1, -0.05) is 18.2 Å². The van der Waals surface area contributed by atoms with Crippen molar-refractivity contribution >= 4 is 34.4 Å². The molecule has 2 atom stereocenters. The maximum atomic E-state index is 13.1. The second-order valence-corrected chi connectivity index (χ2v) is 10.1. The molecule has 3 aromatic rings. The SMILES string of the molecule is CN=Cc1c(NC(=O)C2CC2c2cccc(OC)c2)sc2c1CCN(C(=O)Cc1cccnc1)C2. The lowest BCUT2D eigenvalue weighted by molar-refractivity contribution is -0.131. The molecule has 2 aliphatic rings. The van der Waals surface area contributed by atoms with Crippen LogP contribution in [0.2, 0.25) is 0 Å². The van der Waals surface area contributed by atoms with Gasteiger partial charge in [-0.05, 0) is 53.6 Å². The molecule has 5 rings (SSSR count). The minimum atomic E-state index is -0.0507. The number of fused-ring (bicyclic) bond motifs is 1. The Morgan fingerprint density at radius 1 is 1.31 bits per heavy atom. The van der Waals surface area contributed by atoms with Gasteiger partial charge in [0.05, 0.1) is 20.1 Å². The van der Waals surface area contributed by atoms with Crippen molar-refractivity contribution in [3.05, 3.63) is 75.9 Å². The first-order valence-corrected chi connectivity index (χ1v) is 12.6. The number of methoxy groups -OCH3 is 1. The summed E-state index contributed by atoms with van der Waals surface area (Å²) in [4.78, 5) is 37.3. The summed E-state index contributed by atoms with van der Waals surface area (Å²) in [6.45, 7) is 1.21. The number of carbonyl (C=O) groups excluding carboxylic acids is 2. The Hall–Kier alpha value is -3.52. The Morgan fingerprint density at radius 3 is 2.97 bits per heavy atom. The normalized spacial score (nSPS) is 18.9. The first-order chi connectivity index (χ1) is 17.1. The smallest absolute Gasteiger partial charge is 0.228 e. The number of thiophene rings is 1. The van der Waals surface area contributed by atoms with Gasteiger partial charge in [0.25, 0.3) is 0 Å². The molecule has 1 saturated carbocycles.